The van der Waals surface area contributed by atoms with Crippen molar-refractivity contribution in [2.75, 3.05) is 12.3 Å². The number of nitrogens with zero attached hydrogens (tertiary/aromatic N) is 4. The summed E-state index contributed by atoms with van der Waals surface area (Å²) in [5.74, 6) is -0.117. The van der Waals surface area contributed by atoms with Gasteiger partial charge < -0.3 is 11.1 Å². The minimum atomic E-state index is -0.306. The average molecular weight is 513 g/mol. The second-order valence-electron chi connectivity index (χ2n) is 7.75. The maximum atomic E-state index is 13.2. The van der Waals surface area contributed by atoms with Gasteiger partial charge in [-0.25, -0.2) is 9.97 Å². The Balaban J connectivity index is 1.54. The van der Waals surface area contributed by atoms with Crippen molar-refractivity contribution in [2.24, 2.45) is 5.10 Å². The number of benzene rings is 3. The van der Waals surface area contributed by atoms with Crippen LogP contribution in [-0.4, -0.2) is 33.3 Å². The molecule has 0 aliphatic rings. The standard InChI is InChI=1S/C26H21BrN6O/c27-19-10-6-9-18(15-19)16-30-33-24(28)22(26(34)29-14-13-17-7-2-1-3-8-17)23-25(33)32-21-12-5-4-11-20(21)31-23/h1-12,15-16H,13-14,28H2,(H,29,34)/b30-16-. The first-order valence-electron chi connectivity index (χ1n) is 10.8. The number of hydrogen-bond donors (Lipinski definition) is 2. The molecule has 1 amide bonds. The van der Waals surface area contributed by atoms with Gasteiger partial charge in [0.15, 0.2) is 5.65 Å². The van der Waals surface area contributed by atoms with Gasteiger partial charge in [0.05, 0.1) is 17.2 Å². The molecule has 34 heavy (non-hydrogen) atoms. The van der Waals surface area contributed by atoms with Gasteiger partial charge in [0, 0.05) is 11.0 Å². The monoisotopic (exact) mass is 512 g/mol. The van der Waals surface area contributed by atoms with E-state index in [2.05, 4.69) is 26.3 Å². The third-order valence-electron chi connectivity index (χ3n) is 5.41. The number of amides is 1. The molecular formula is C26H21BrN6O. The van der Waals surface area contributed by atoms with Crippen LogP contribution in [0.5, 0.6) is 0 Å². The number of halogens is 1. The third-order valence-corrected chi connectivity index (χ3v) is 5.91. The predicted octanol–water partition coefficient (Wildman–Crippen LogP) is 4.78. The van der Waals surface area contributed by atoms with Gasteiger partial charge in [-0.15, -0.1) is 0 Å². The van der Waals surface area contributed by atoms with E-state index in [-0.39, 0.29) is 17.3 Å². The molecular weight excluding hydrogens is 492 g/mol. The molecule has 0 atom stereocenters. The van der Waals surface area contributed by atoms with Crippen molar-refractivity contribution in [3.63, 3.8) is 0 Å². The quantitative estimate of drug-likeness (QED) is 0.319. The molecule has 0 saturated heterocycles. The first-order chi connectivity index (χ1) is 16.6. The summed E-state index contributed by atoms with van der Waals surface area (Å²) in [6.45, 7) is 0.470. The van der Waals surface area contributed by atoms with E-state index in [0.29, 0.717) is 35.2 Å². The van der Waals surface area contributed by atoms with Crippen molar-refractivity contribution in [1.82, 2.24) is 20.0 Å². The smallest absolute Gasteiger partial charge is 0.257 e. The van der Waals surface area contributed by atoms with Crippen LogP contribution in [0.1, 0.15) is 21.5 Å². The summed E-state index contributed by atoms with van der Waals surface area (Å²) < 4.78 is 2.41. The Morgan fingerprint density at radius 1 is 1.00 bits per heavy atom. The predicted molar refractivity (Wildman–Crippen MR) is 139 cm³/mol. The van der Waals surface area contributed by atoms with Gasteiger partial charge in [0.1, 0.15) is 16.9 Å². The van der Waals surface area contributed by atoms with Gasteiger partial charge in [-0.3, -0.25) is 4.79 Å². The van der Waals surface area contributed by atoms with Crippen LogP contribution in [0.25, 0.3) is 22.2 Å². The Bertz CT molecular complexity index is 1530. The molecule has 3 aromatic carbocycles. The van der Waals surface area contributed by atoms with Crippen molar-refractivity contribution in [1.29, 1.82) is 0 Å². The second-order valence-corrected chi connectivity index (χ2v) is 8.66. The molecule has 0 radical (unpaired) electrons. The Morgan fingerprint density at radius 2 is 1.74 bits per heavy atom. The highest BCUT2D eigenvalue weighted by Crippen LogP contribution is 2.28. The molecule has 2 aromatic heterocycles. The van der Waals surface area contributed by atoms with Crippen molar-refractivity contribution in [3.05, 3.63) is 100 Å². The minimum absolute atomic E-state index is 0.189. The highest BCUT2D eigenvalue weighted by atomic mass is 79.9. The Labute approximate surface area is 204 Å². The Hall–Kier alpha value is -4.04. The van der Waals surface area contributed by atoms with Crippen molar-refractivity contribution < 1.29 is 4.79 Å². The van der Waals surface area contributed by atoms with Gasteiger partial charge in [-0.05, 0) is 41.8 Å². The lowest BCUT2D eigenvalue weighted by Crippen LogP contribution is -2.26. The van der Waals surface area contributed by atoms with E-state index in [4.69, 9.17) is 15.7 Å². The molecule has 5 rings (SSSR count). The number of anilines is 1. The minimum Gasteiger partial charge on any atom is -0.383 e. The van der Waals surface area contributed by atoms with E-state index < -0.39 is 0 Å². The van der Waals surface area contributed by atoms with E-state index in [1.807, 2.05) is 78.9 Å². The summed E-state index contributed by atoms with van der Waals surface area (Å²) in [5, 5.41) is 7.51. The molecule has 0 bridgehead atoms. The van der Waals surface area contributed by atoms with Gasteiger partial charge in [-0.2, -0.15) is 9.78 Å². The molecule has 2 heterocycles. The van der Waals surface area contributed by atoms with Crippen LogP contribution in [0.15, 0.2) is 88.4 Å². The molecule has 0 unspecified atom stereocenters. The maximum Gasteiger partial charge on any atom is 0.257 e. The topological polar surface area (TPSA) is 98.2 Å². The van der Waals surface area contributed by atoms with Crippen LogP contribution in [0, 0.1) is 0 Å². The zero-order chi connectivity index (χ0) is 23.5. The van der Waals surface area contributed by atoms with Crippen LogP contribution in [-0.2, 0) is 6.42 Å². The first-order valence-corrected chi connectivity index (χ1v) is 11.6. The summed E-state index contributed by atoms with van der Waals surface area (Å²) in [6.07, 6.45) is 2.38. The third kappa shape index (κ3) is 4.40. The van der Waals surface area contributed by atoms with Crippen molar-refractivity contribution in [2.45, 2.75) is 6.42 Å². The van der Waals surface area contributed by atoms with Gasteiger partial charge in [-0.1, -0.05) is 70.5 Å². The zero-order valence-corrected chi connectivity index (χ0v) is 19.7. The molecule has 3 N–H and O–H groups in total. The van der Waals surface area contributed by atoms with E-state index in [0.717, 1.165) is 15.6 Å². The number of carbonyl (C=O) groups excluding carboxylic acids is 1. The number of carbonyl (C=O) groups is 1. The van der Waals surface area contributed by atoms with Crippen LogP contribution >= 0.6 is 15.9 Å². The second kappa shape index (κ2) is 9.44. The molecule has 0 spiro atoms. The number of hydrogen-bond acceptors (Lipinski definition) is 5. The van der Waals surface area contributed by atoms with Crippen molar-refractivity contribution in [3.8, 4) is 0 Å². The first kappa shape index (κ1) is 21.8. The van der Waals surface area contributed by atoms with Crippen LogP contribution in [0.2, 0.25) is 0 Å². The molecule has 0 aliphatic carbocycles. The summed E-state index contributed by atoms with van der Waals surface area (Å²) >= 11 is 3.47. The molecule has 0 fully saturated rings. The van der Waals surface area contributed by atoms with Gasteiger partial charge in [0.25, 0.3) is 5.91 Å². The highest BCUT2D eigenvalue weighted by Gasteiger charge is 2.23. The normalized spacial score (nSPS) is 11.4. The molecule has 0 saturated carbocycles. The van der Waals surface area contributed by atoms with E-state index in [1.54, 1.807) is 6.21 Å². The number of nitrogens with two attached hydrogens (primary N) is 1. The Morgan fingerprint density at radius 3 is 2.50 bits per heavy atom. The van der Waals surface area contributed by atoms with E-state index >= 15 is 0 Å². The number of para-hydroxylation sites is 2. The van der Waals surface area contributed by atoms with Crippen LogP contribution in [0.4, 0.5) is 5.82 Å². The fraction of sp³-hybridized carbons (Fsp3) is 0.0769. The number of nitrogens with one attached hydrogen (secondary N) is 1. The molecule has 5 aromatic rings. The lowest BCUT2D eigenvalue weighted by atomic mass is 10.1. The highest BCUT2D eigenvalue weighted by molar-refractivity contribution is 9.10. The van der Waals surface area contributed by atoms with Crippen LogP contribution < -0.4 is 11.1 Å². The lowest BCUT2D eigenvalue weighted by molar-refractivity contribution is 0.0956. The summed E-state index contributed by atoms with van der Waals surface area (Å²) in [5.41, 5.74) is 11.0. The fourth-order valence-corrected chi connectivity index (χ4v) is 4.17. The molecule has 7 nitrogen and oxygen atoms in total. The SMILES string of the molecule is Nc1c(C(=O)NCCc2ccccc2)c2nc3ccccc3nc2n1/N=C\c1cccc(Br)c1. The molecule has 0 aliphatic heterocycles. The number of nitrogen functional groups attached to an aromatic ring is 1. The molecule has 168 valence electrons. The summed E-state index contributed by atoms with van der Waals surface area (Å²) in [4.78, 5) is 22.6. The fourth-order valence-electron chi connectivity index (χ4n) is 3.75. The average Bonchev–Trinajstić information content (AvgIpc) is 3.12. The van der Waals surface area contributed by atoms with Crippen molar-refractivity contribution >= 4 is 56.1 Å². The number of rotatable bonds is 6. The number of fused-ring (bicyclic) bond motifs is 2. The Kier molecular flexibility index (Phi) is 6.05. The number of aromatic nitrogens is 3. The van der Waals surface area contributed by atoms with Crippen LogP contribution in [0.3, 0.4) is 0 Å². The van der Waals surface area contributed by atoms with E-state index in [9.17, 15) is 4.79 Å². The zero-order valence-electron chi connectivity index (χ0n) is 18.1. The lowest BCUT2D eigenvalue weighted by Gasteiger charge is -2.05. The summed E-state index contributed by atoms with van der Waals surface area (Å²) in [7, 11) is 0. The summed E-state index contributed by atoms with van der Waals surface area (Å²) in [6, 6.07) is 25.2. The maximum absolute atomic E-state index is 13.2. The molecule has 8 heteroatoms. The van der Waals surface area contributed by atoms with Gasteiger partial charge >= 0.3 is 0 Å². The van der Waals surface area contributed by atoms with E-state index in [1.165, 1.54) is 4.68 Å². The van der Waals surface area contributed by atoms with Gasteiger partial charge in [0.2, 0.25) is 0 Å². The largest absolute Gasteiger partial charge is 0.383 e.